The van der Waals surface area contributed by atoms with Gasteiger partial charge >= 0.3 is 11.9 Å². The van der Waals surface area contributed by atoms with Crippen molar-refractivity contribution >= 4 is 11.9 Å². The summed E-state index contributed by atoms with van der Waals surface area (Å²) in [5, 5.41) is 10.5. The Morgan fingerprint density at radius 3 is 2.31 bits per heavy atom. The zero-order valence-corrected chi connectivity index (χ0v) is 19.1. The highest BCUT2D eigenvalue weighted by Gasteiger charge is 2.59. The van der Waals surface area contributed by atoms with Crippen molar-refractivity contribution < 1.29 is 24.2 Å². The standard InChI is InChI=1S/C24H38O5/c1-9-23(7,27)14-11-18-15(2)19(28-16(3)25)20(29-17(4)26)21-22(5,6)12-10-13-24(18,21)8/h9,19-21,27H,1,10-14H2,2-8H3/t19-,20-,21-,23-,24+/m0/s1. The second-order valence-corrected chi connectivity index (χ2v) is 10.1. The lowest BCUT2D eigenvalue weighted by Crippen LogP contribution is -2.58. The van der Waals surface area contributed by atoms with Gasteiger partial charge < -0.3 is 14.6 Å². The summed E-state index contributed by atoms with van der Waals surface area (Å²) in [4.78, 5) is 23.9. The van der Waals surface area contributed by atoms with Crippen molar-refractivity contribution in [1.82, 2.24) is 0 Å². The topological polar surface area (TPSA) is 72.8 Å². The molecule has 1 N–H and O–H groups in total. The fraction of sp³-hybridized carbons (Fsp3) is 0.750. The number of rotatable bonds is 6. The molecule has 29 heavy (non-hydrogen) atoms. The van der Waals surface area contributed by atoms with Crippen molar-refractivity contribution in [3.8, 4) is 0 Å². The van der Waals surface area contributed by atoms with Crippen LogP contribution in [0.4, 0.5) is 0 Å². The number of carbonyl (C=O) groups is 2. The van der Waals surface area contributed by atoms with Gasteiger partial charge in [0.15, 0.2) is 6.10 Å². The Balaban J connectivity index is 2.63. The molecule has 2 rings (SSSR count). The summed E-state index contributed by atoms with van der Waals surface area (Å²) in [5.41, 5.74) is 0.917. The lowest BCUT2D eigenvalue weighted by Gasteiger charge is -2.58. The molecule has 2 aliphatic rings. The Kier molecular flexibility index (Phi) is 6.73. The van der Waals surface area contributed by atoms with Gasteiger partial charge in [-0.15, -0.1) is 6.58 Å². The van der Waals surface area contributed by atoms with E-state index in [0.717, 1.165) is 24.8 Å². The quantitative estimate of drug-likeness (QED) is 0.510. The van der Waals surface area contributed by atoms with Gasteiger partial charge in [-0.3, -0.25) is 9.59 Å². The van der Waals surface area contributed by atoms with Gasteiger partial charge in [0.2, 0.25) is 0 Å². The van der Waals surface area contributed by atoms with Crippen LogP contribution in [0, 0.1) is 16.7 Å². The molecule has 0 radical (unpaired) electrons. The molecule has 0 unspecified atom stereocenters. The van der Waals surface area contributed by atoms with Crippen molar-refractivity contribution in [3.05, 3.63) is 23.8 Å². The Labute approximate surface area is 175 Å². The van der Waals surface area contributed by atoms with E-state index in [0.29, 0.717) is 12.8 Å². The van der Waals surface area contributed by atoms with Crippen molar-refractivity contribution in [2.45, 2.75) is 98.4 Å². The highest BCUT2D eigenvalue weighted by atomic mass is 16.6. The van der Waals surface area contributed by atoms with E-state index >= 15 is 0 Å². The Hall–Kier alpha value is -1.62. The van der Waals surface area contributed by atoms with Crippen LogP contribution in [-0.2, 0) is 19.1 Å². The summed E-state index contributed by atoms with van der Waals surface area (Å²) in [6.45, 7) is 17.0. The van der Waals surface area contributed by atoms with Crippen LogP contribution in [-0.4, -0.2) is 34.9 Å². The van der Waals surface area contributed by atoms with Gasteiger partial charge in [-0.1, -0.05) is 38.8 Å². The lowest BCUT2D eigenvalue weighted by atomic mass is 9.48. The summed E-state index contributed by atoms with van der Waals surface area (Å²) >= 11 is 0. The number of allylic oxidation sites excluding steroid dienone is 1. The largest absolute Gasteiger partial charge is 0.458 e. The van der Waals surface area contributed by atoms with E-state index in [9.17, 15) is 14.7 Å². The maximum Gasteiger partial charge on any atom is 0.303 e. The first-order chi connectivity index (χ1) is 13.2. The molecule has 0 aromatic carbocycles. The number of carbonyl (C=O) groups excluding carboxylic acids is 2. The summed E-state index contributed by atoms with van der Waals surface area (Å²) in [7, 11) is 0. The third-order valence-corrected chi connectivity index (χ3v) is 7.18. The Morgan fingerprint density at radius 1 is 1.21 bits per heavy atom. The van der Waals surface area contributed by atoms with Crippen LogP contribution < -0.4 is 0 Å². The first kappa shape index (κ1) is 23.7. The molecule has 5 nitrogen and oxygen atoms in total. The minimum absolute atomic E-state index is 0.0179. The predicted molar refractivity (Wildman–Crippen MR) is 113 cm³/mol. The first-order valence-electron chi connectivity index (χ1n) is 10.7. The Morgan fingerprint density at radius 2 is 1.79 bits per heavy atom. The predicted octanol–water partition coefficient (Wildman–Crippen LogP) is 4.73. The molecular weight excluding hydrogens is 368 g/mol. The van der Waals surface area contributed by atoms with E-state index in [1.54, 1.807) is 13.0 Å². The molecule has 164 valence electrons. The van der Waals surface area contributed by atoms with Crippen LogP contribution in [0.25, 0.3) is 0 Å². The lowest BCUT2D eigenvalue weighted by molar-refractivity contribution is -0.185. The van der Waals surface area contributed by atoms with E-state index in [4.69, 9.17) is 9.47 Å². The fourth-order valence-electron chi connectivity index (χ4n) is 5.89. The number of fused-ring (bicyclic) bond motifs is 1. The molecule has 0 heterocycles. The van der Waals surface area contributed by atoms with E-state index in [1.807, 2.05) is 6.92 Å². The third kappa shape index (κ3) is 4.76. The van der Waals surface area contributed by atoms with Crippen LogP contribution in [0.3, 0.4) is 0 Å². The van der Waals surface area contributed by atoms with Gasteiger partial charge in [0, 0.05) is 19.8 Å². The van der Waals surface area contributed by atoms with Crippen LogP contribution in [0.5, 0.6) is 0 Å². The molecule has 5 heteroatoms. The molecule has 0 amide bonds. The molecule has 5 atom stereocenters. The number of hydrogen-bond acceptors (Lipinski definition) is 5. The molecule has 0 aromatic rings. The van der Waals surface area contributed by atoms with Gasteiger partial charge in [0.1, 0.15) is 6.10 Å². The fourth-order valence-corrected chi connectivity index (χ4v) is 5.89. The molecule has 0 spiro atoms. The average molecular weight is 407 g/mol. The smallest absolute Gasteiger partial charge is 0.303 e. The maximum atomic E-state index is 12.0. The van der Waals surface area contributed by atoms with Crippen molar-refractivity contribution in [3.63, 3.8) is 0 Å². The second-order valence-electron chi connectivity index (χ2n) is 10.1. The summed E-state index contributed by atoms with van der Waals surface area (Å²) in [6, 6.07) is 0. The third-order valence-electron chi connectivity index (χ3n) is 7.18. The van der Waals surface area contributed by atoms with E-state index in [1.165, 1.54) is 19.4 Å². The van der Waals surface area contributed by atoms with E-state index in [-0.39, 0.29) is 28.7 Å². The van der Waals surface area contributed by atoms with Gasteiger partial charge in [0.25, 0.3) is 0 Å². The van der Waals surface area contributed by atoms with Crippen LogP contribution in [0.15, 0.2) is 23.8 Å². The SMILES string of the molecule is C=C[C@](C)(O)CCC1=C(C)[C@H](OC(C)=O)[C@H](OC(C)=O)[C@H]2C(C)(C)CCC[C@]12C. The van der Waals surface area contributed by atoms with Crippen LogP contribution in [0.1, 0.15) is 80.6 Å². The number of hydrogen-bond donors (Lipinski definition) is 1. The Bertz CT molecular complexity index is 702. The normalized spacial score (nSPS) is 33.3. The minimum Gasteiger partial charge on any atom is -0.458 e. The van der Waals surface area contributed by atoms with Gasteiger partial charge in [-0.05, 0) is 55.9 Å². The molecule has 2 aliphatic carbocycles. The highest BCUT2D eigenvalue weighted by molar-refractivity contribution is 5.68. The molecular formula is C24H38O5. The molecule has 0 bridgehead atoms. The molecule has 1 saturated carbocycles. The minimum atomic E-state index is -0.965. The molecule has 0 aliphatic heterocycles. The molecule has 0 aromatic heterocycles. The van der Waals surface area contributed by atoms with E-state index < -0.39 is 17.8 Å². The number of aliphatic hydroxyl groups is 1. The zero-order valence-electron chi connectivity index (χ0n) is 19.1. The van der Waals surface area contributed by atoms with Gasteiger partial charge in [-0.2, -0.15) is 0 Å². The zero-order chi connectivity index (χ0) is 22.2. The summed E-state index contributed by atoms with van der Waals surface area (Å²) in [5.74, 6) is -0.729. The van der Waals surface area contributed by atoms with Crippen LogP contribution >= 0.6 is 0 Å². The monoisotopic (exact) mass is 406 g/mol. The van der Waals surface area contributed by atoms with Crippen molar-refractivity contribution in [2.24, 2.45) is 16.7 Å². The van der Waals surface area contributed by atoms with Gasteiger partial charge in [-0.25, -0.2) is 0 Å². The summed E-state index contributed by atoms with van der Waals surface area (Å²) < 4.78 is 11.6. The number of ether oxygens (including phenoxy) is 2. The van der Waals surface area contributed by atoms with Crippen molar-refractivity contribution in [1.29, 1.82) is 0 Å². The van der Waals surface area contributed by atoms with Crippen molar-refractivity contribution in [2.75, 3.05) is 0 Å². The molecule has 1 fully saturated rings. The maximum absolute atomic E-state index is 12.0. The average Bonchev–Trinajstić information content (AvgIpc) is 2.56. The van der Waals surface area contributed by atoms with Crippen LogP contribution in [0.2, 0.25) is 0 Å². The van der Waals surface area contributed by atoms with Gasteiger partial charge in [0.05, 0.1) is 5.60 Å². The second kappa shape index (κ2) is 8.25. The number of esters is 2. The highest BCUT2D eigenvalue weighted by Crippen LogP contribution is 2.61. The first-order valence-corrected chi connectivity index (χ1v) is 10.7. The van der Waals surface area contributed by atoms with E-state index in [2.05, 4.69) is 27.4 Å². The molecule has 0 saturated heterocycles. The summed E-state index contributed by atoms with van der Waals surface area (Å²) in [6.07, 6.45) is 4.76.